The fourth-order valence-corrected chi connectivity index (χ4v) is 0.572. The second-order valence-electron chi connectivity index (χ2n) is 2.11. The van der Waals surface area contributed by atoms with Gasteiger partial charge < -0.3 is 5.11 Å². The van der Waals surface area contributed by atoms with Crippen molar-refractivity contribution in [2.24, 2.45) is 0 Å². The number of aliphatic hydroxyl groups excluding tert-OH is 1. The second kappa shape index (κ2) is 5.00. The molecule has 0 aliphatic rings. The Kier molecular flexibility index (Phi) is 4.59. The summed E-state index contributed by atoms with van der Waals surface area (Å²) < 4.78 is 0. The molecular weight excluding hydrogens is 124 g/mol. The Hall–Kier alpha value is -0.820. The van der Waals surface area contributed by atoms with Gasteiger partial charge in [0.15, 0.2) is 0 Å². The first-order valence-corrected chi connectivity index (χ1v) is 3.31. The number of allylic oxidation sites excluding steroid dienone is 3. The Morgan fingerprint density at radius 2 is 2.20 bits per heavy atom. The molecule has 56 valence electrons. The monoisotopic (exact) mass is 138 g/mol. The molecule has 0 amide bonds. The summed E-state index contributed by atoms with van der Waals surface area (Å²) >= 11 is 0. The number of hydrogen-bond acceptors (Lipinski definition) is 1. The Labute approximate surface area is 62.4 Å². The van der Waals surface area contributed by atoms with Crippen molar-refractivity contribution >= 4 is 0 Å². The van der Waals surface area contributed by atoms with Crippen LogP contribution in [-0.2, 0) is 0 Å². The van der Waals surface area contributed by atoms with Crippen LogP contribution < -0.4 is 0 Å². The molecule has 0 aliphatic carbocycles. The van der Waals surface area contributed by atoms with E-state index in [1.807, 2.05) is 26.0 Å². The van der Waals surface area contributed by atoms with Crippen molar-refractivity contribution in [1.82, 2.24) is 0 Å². The van der Waals surface area contributed by atoms with Crippen molar-refractivity contribution in [2.45, 2.75) is 13.8 Å². The van der Waals surface area contributed by atoms with E-state index in [4.69, 9.17) is 5.11 Å². The van der Waals surface area contributed by atoms with Crippen LogP contribution in [0.5, 0.6) is 0 Å². The molecular formula is C9H14O. The van der Waals surface area contributed by atoms with Crippen LogP contribution in [0, 0.1) is 0 Å². The SMILES string of the molecule is C=C/C(C)=C\C(=C/C)CO. The van der Waals surface area contributed by atoms with Crippen LogP contribution >= 0.6 is 0 Å². The van der Waals surface area contributed by atoms with E-state index in [0.29, 0.717) is 0 Å². The second-order valence-corrected chi connectivity index (χ2v) is 2.11. The molecule has 0 saturated heterocycles. The summed E-state index contributed by atoms with van der Waals surface area (Å²) in [5, 5.41) is 8.72. The van der Waals surface area contributed by atoms with Crippen LogP contribution in [0.25, 0.3) is 0 Å². The van der Waals surface area contributed by atoms with Crippen molar-refractivity contribution in [2.75, 3.05) is 6.61 Å². The van der Waals surface area contributed by atoms with Crippen LogP contribution in [0.4, 0.5) is 0 Å². The normalized spacial score (nSPS) is 13.5. The van der Waals surface area contributed by atoms with Gasteiger partial charge in [-0.1, -0.05) is 30.4 Å². The first-order valence-electron chi connectivity index (χ1n) is 3.31. The van der Waals surface area contributed by atoms with Crippen molar-refractivity contribution in [1.29, 1.82) is 0 Å². The molecule has 0 rings (SSSR count). The Balaban J connectivity index is 4.22. The van der Waals surface area contributed by atoms with Gasteiger partial charge in [0.2, 0.25) is 0 Å². The molecule has 0 aromatic heterocycles. The minimum Gasteiger partial charge on any atom is -0.392 e. The molecule has 1 heteroatoms. The minimum absolute atomic E-state index is 0.0989. The molecule has 10 heavy (non-hydrogen) atoms. The van der Waals surface area contributed by atoms with Gasteiger partial charge in [-0.2, -0.15) is 0 Å². The van der Waals surface area contributed by atoms with E-state index in [1.54, 1.807) is 6.08 Å². The van der Waals surface area contributed by atoms with E-state index in [1.165, 1.54) is 0 Å². The zero-order valence-corrected chi connectivity index (χ0v) is 6.59. The van der Waals surface area contributed by atoms with E-state index in [9.17, 15) is 0 Å². The molecule has 0 heterocycles. The van der Waals surface area contributed by atoms with Gasteiger partial charge >= 0.3 is 0 Å². The quantitative estimate of drug-likeness (QED) is 0.592. The maximum Gasteiger partial charge on any atom is 0.0678 e. The summed E-state index contributed by atoms with van der Waals surface area (Å²) in [6.07, 6.45) is 5.55. The van der Waals surface area contributed by atoms with Crippen LogP contribution in [0.1, 0.15) is 13.8 Å². The maximum atomic E-state index is 8.72. The van der Waals surface area contributed by atoms with Crippen molar-refractivity contribution in [3.8, 4) is 0 Å². The average molecular weight is 138 g/mol. The molecule has 1 N–H and O–H groups in total. The summed E-state index contributed by atoms with van der Waals surface area (Å²) in [6, 6.07) is 0. The molecule has 0 radical (unpaired) electrons. The largest absolute Gasteiger partial charge is 0.392 e. The molecule has 0 saturated carbocycles. The zero-order valence-electron chi connectivity index (χ0n) is 6.59. The molecule has 0 aromatic carbocycles. The van der Waals surface area contributed by atoms with Gasteiger partial charge in [-0.05, 0) is 19.4 Å². The fraction of sp³-hybridized carbons (Fsp3) is 0.333. The molecule has 0 atom stereocenters. The Morgan fingerprint density at radius 3 is 2.50 bits per heavy atom. The smallest absolute Gasteiger partial charge is 0.0678 e. The van der Waals surface area contributed by atoms with Gasteiger partial charge in [-0.15, -0.1) is 0 Å². The van der Waals surface area contributed by atoms with Crippen LogP contribution in [0.15, 0.2) is 36.0 Å². The zero-order chi connectivity index (χ0) is 7.98. The van der Waals surface area contributed by atoms with Gasteiger partial charge in [-0.25, -0.2) is 0 Å². The Morgan fingerprint density at radius 1 is 1.60 bits per heavy atom. The minimum atomic E-state index is 0.0989. The van der Waals surface area contributed by atoms with E-state index < -0.39 is 0 Å². The third-order valence-electron chi connectivity index (χ3n) is 1.29. The van der Waals surface area contributed by atoms with Gasteiger partial charge in [0.25, 0.3) is 0 Å². The topological polar surface area (TPSA) is 20.2 Å². The van der Waals surface area contributed by atoms with Crippen molar-refractivity contribution < 1.29 is 5.11 Å². The van der Waals surface area contributed by atoms with Gasteiger partial charge in [-0.3, -0.25) is 0 Å². The lowest BCUT2D eigenvalue weighted by atomic mass is 10.2. The first kappa shape index (κ1) is 9.18. The van der Waals surface area contributed by atoms with E-state index in [2.05, 4.69) is 6.58 Å². The predicted octanol–water partition coefficient (Wildman–Crippen LogP) is 2.06. The van der Waals surface area contributed by atoms with Gasteiger partial charge in [0, 0.05) is 0 Å². The lowest BCUT2D eigenvalue weighted by Gasteiger charge is -1.95. The molecule has 0 spiro atoms. The molecule has 0 aromatic rings. The number of rotatable bonds is 3. The van der Waals surface area contributed by atoms with Gasteiger partial charge in [0.1, 0.15) is 0 Å². The molecule has 0 unspecified atom stereocenters. The van der Waals surface area contributed by atoms with Crippen LogP contribution in [0.2, 0.25) is 0 Å². The van der Waals surface area contributed by atoms with Crippen LogP contribution in [0.3, 0.4) is 0 Å². The van der Waals surface area contributed by atoms with E-state index >= 15 is 0 Å². The summed E-state index contributed by atoms with van der Waals surface area (Å²) in [7, 11) is 0. The summed E-state index contributed by atoms with van der Waals surface area (Å²) in [5.74, 6) is 0. The average Bonchev–Trinajstić information content (AvgIpc) is 1.99. The summed E-state index contributed by atoms with van der Waals surface area (Å²) in [6.45, 7) is 7.56. The molecule has 0 aliphatic heterocycles. The third-order valence-corrected chi connectivity index (χ3v) is 1.29. The number of aliphatic hydroxyl groups is 1. The highest BCUT2D eigenvalue weighted by molar-refractivity contribution is 5.27. The maximum absolute atomic E-state index is 8.72. The predicted molar refractivity (Wildman–Crippen MR) is 44.8 cm³/mol. The number of hydrogen-bond donors (Lipinski definition) is 1. The lowest BCUT2D eigenvalue weighted by Crippen LogP contribution is -1.85. The van der Waals surface area contributed by atoms with Crippen molar-refractivity contribution in [3.05, 3.63) is 36.0 Å². The first-order chi connectivity index (χ1) is 4.74. The van der Waals surface area contributed by atoms with Crippen LogP contribution in [-0.4, -0.2) is 11.7 Å². The molecule has 1 nitrogen and oxygen atoms in total. The summed E-state index contributed by atoms with van der Waals surface area (Å²) in [5.41, 5.74) is 2.00. The summed E-state index contributed by atoms with van der Waals surface area (Å²) in [4.78, 5) is 0. The Bertz CT molecular complexity index is 164. The highest BCUT2D eigenvalue weighted by Gasteiger charge is 1.86. The third kappa shape index (κ3) is 3.25. The van der Waals surface area contributed by atoms with E-state index in [-0.39, 0.29) is 6.61 Å². The fourth-order valence-electron chi connectivity index (χ4n) is 0.572. The highest BCUT2D eigenvalue weighted by atomic mass is 16.3. The lowest BCUT2D eigenvalue weighted by molar-refractivity contribution is 0.334. The molecule has 0 fully saturated rings. The highest BCUT2D eigenvalue weighted by Crippen LogP contribution is 2.01. The standard InChI is InChI=1S/C9H14O/c1-4-8(3)6-9(5-2)7-10/h4-6,10H,1,7H2,2-3H3/b8-6-,9-5+. The van der Waals surface area contributed by atoms with Crippen molar-refractivity contribution in [3.63, 3.8) is 0 Å². The van der Waals surface area contributed by atoms with E-state index in [0.717, 1.165) is 11.1 Å². The molecule has 0 bridgehead atoms. The van der Waals surface area contributed by atoms with Gasteiger partial charge in [0.05, 0.1) is 6.61 Å².